The predicted octanol–water partition coefficient (Wildman–Crippen LogP) is 3.37. The second kappa shape index (κ2) is 9.39. The molecule has 29 heavy (non-hydrogen) atoms. The summed E-state index contributed by atoms with van der Waals surface area (Å²) in [7, 11) is 0. The van der Waals surface area contributed by atoms with Crippen molar-refractivity contribution in [3.05, 3.63) is 53.8 Å². The number of nitrogens with one attached hydrogen (secondary N) is 1. The molecule has 0 bridgehead atoms. The lowest BCUT2D eigenvalue weighted by Crippen LogP contribution is -2.32. The standard InChI is InChI=1S/C20H20ClN5O2S/c21-15-5-1-6-16(10-15)26-19(14-4-2-8-22-11-14)24-25-20(26)29-13-18(27)23-12-17-7-3-9-28-17/h1-2,4-6,8,10-11,17H,3,7,9,12-13H2,(H,23,27). The number of carbonyl (C=O) groups excluding carboxylic acids is 1. The molecule has 1 aliphatic heterocycles. The average molecular weight is 430 g/mol. The minimum absolute atomic E-state index is 0.0610. The van der Waals surface area contributed by atoms with E-state index in [1.165, 1.54) is 11.8 Å². The Morgan fingerprint density at radius 2 is 2.24 bits per heavy atom. The Hall–Kier alpha value is -2.42. The number of rotatable bonds is 7. The second-order valence-corrected chi connectivity index (χ2v) is 7.97. The van der Waals surface area contributed by atoms with Crippen LogP contribution < -0.4 is 5.32 Å². The van der Waals surface area contributed by atoms with Gasteiger partial charge in [-0.1, -0.05) is 29.4 Å². The van der Waals surface area contributed by atoms with Gasteiger partial charge < -0.3 is 10.1 Å². The van der Waals surface area contributed by atoms with Crippen LogP contribution in [0, 0.1) is 0 Å². The SMILES string of the molecule is O=C(CSc1nnc(-c2cccnc2)n1-c1cccc(Cl)c1)NCC1CCCO1. The van der Waals surface area contributed by atoms with E-state index in [9.17, 15) is 4.79 Å². The Balaban J connectivity index is 1.53. The lowest BCUT2D eigenvalue weighted by atomic mass is 10.2. The highest BCUT2D eigenvalue weighted by Gasteiger charge is 2.19. The van der Waals surface area contributed by atoms with Crippen molar-refractivity contribution < 1.29 is 9.53 Å². The molecular formula is C20H20ClN5O2S. The number of thioether (sulfide) groups is 1. The molecule has 1 aliphatic rings. The molecule has 1 unspecified atom stereocenters. The molecule has 9 heteroatoms. The summed E-state index contributed by atoms with van der Waals surface area (Å²) in [5.41, 5.74) is 1.65. The molecule has 2 aromatic heterocycles. The molecule has 1 amide bonds. The van der Waals surface area contributed by atoms with Crippen molar-refractivity contribution in [2.45, 2.75) is 24.1 Å². The normalized spacial score (nSPS) is 16.1. The molecular weight excluding hydrogens is 410 g/mol. The quantitative estimate of drug-likeness (QED) is 0.580. The first-order chi connectivity index (χ1) is 14.2. The fourth-order valence-electron chi connectivity index (χ4n) is 3.11. The van der Waals surface area contributed by atoms with Gasteiger partial charge in [0.05, 0.1) is 17.5 Å². The Labute approximate surface area is 177 Å². The summed E-state index contributed by atoms with van der Waals surface area (Å²) in [6, 6.07) is 11.2. The maximum absolute atomic E-state index is 12.3. The molecule has 1 atom stereocenters. The number of hydrogen-bond acceptors (Lipinski definition) is 6. The number of aromatic nitrogens is 4. The number of nitrogens with zero attached hydrogens (tertiary/aromatic N) is 4. The number of ether oxygens (including phenoxy) is 1. The smallest absolute Gasteiger partial charge is 0.230 e. The van der Waals surface area contributed by atoms with Crippen molar-refractivity contribution in [2.24, 2.45) is 0 Å². The third-order valence-corrected chi connectivity index (χ3v) is 5.67. The minimum atomic E-state index is -0.0610. The van der Waals surface area contributed by atoms with Crippen LogP contribution in [-0.4, -0.2) is 50.7 Å². The maximum Gasteiger partial charge on any atom is 0.230 e. The van der Waals surface area contributed by atoms with Crippen LogP contribution in [0.25, 0.3) is 17.1 Å². The highest BCUT2D eigenvalue weighted by molar-refractivity contribution is 7.99. The monoisotopic (exact) mass is 429 g/mol. The molecule has 1 saturated heterocycles. The highest BCUT2D eigenvalue weighted by atomic mass is 35.5. The molecule has 0 spiro atoms. The third kappa shape index (κ3) is 4.95. The summed E-state index contributed by atoms with van der Waals surface area (Å²) in [5, 5.41) is 12.8. The Morgan fingerprint density at radius 3 is 3.00 bits per heavy atom. The van der Waals surface area contributed by atoms with Crippen LogP contribution in [-0.2, 0) is 9.53 Å². The van der Waals surface area contributed by atoms with E-state index in [-0.39, 0.29) is 17.8 Å². The van der Waals surface area contributed by atoms with Crippen molar-refractivity contribution in [1.29, 1.82) is 0 Å². The van der Waals surface area contributed by atoms with E-state index >= 15 is 0 Å². The number of benzene rings is 1. The van der Waals surface area contributed by atoms with Crippen molar-refractivity contribution in [3.63, 3.8) is 0 Å². The van der Waals surface area contributed by atoms with Crippen LogP contribution in [0.15, 0.2) is 53.9 Å². The van der Waals surface area contributed by atoms with E-state index in [1.807, 2.05) is 41.0 Å². The minimum Gasteiger partial charge on any atom is -0.376 e. The first kappa shape index (κ1) is 19.9. The fourth-order valence-corrected chi connectivity index (χ4v) is 4.07. The van der Waals surface area contributed by atoms with Gasteiger partial charge in [0, 0.05) is 36.1 Å². The zero-order chi connectivity index (χ0) is 20.1. The molecule has 0 aliphatic carbocycles. The largest absolute Gasteiger partial charge is 0.376 e. The van der Waals surface area contributed by atoms with Crippen LogP contribution in [0.4, 0.5) is 0 Å². The zero-order valence-electron chi connectivity index (χ0n) is 15.6. The third-order valence-electron chi connectivity index (χ3n) is 4.50. The number of pyridine rings is 1. The van der Waals surface area contributed by atoms with Crippen molar-refractivity contribution >= 4 is 29.3 Å². The number of hydrogen-bond donors (Lipinski definition) is 1. The van der Waals surface area contributed by atoms with Gasteiger partial charge in [0.1, 0.15) is 0 Å². The maximum atomic E-state index is 12.3. The van der Waals surface area contributed by atoms with Gasteiger partial charge >= 0.3 is 0 Å². The van der Waals surface area contributed by atoms with Gasteiger partial charge in [-0.05, 0) is 43.2 Å². The number of amides is 1. The van der Waals surface area contributed by atoms with Crippen molar-refractivity contribution in [1.82, 2.24) is 25.1 Å². The van der Waals surface area contributed by atoms with Crippen LogP contribution in [0.2, 0.25) is 5.02 Å². The molecule has 3 aromatic rings. The summed E-state index contributed by atoms with van der Waals surface area (Å²) < 4.78 is 7.43. The Morgan fingerprint density at radius 1 is 1.31 bits per heavy atom. The lowest BCUT2D eigenvalue weighted by Gasteiger charge is -2.12. The first-order valence-corrected chi connectivity index (χ1v) is 10.7. The average Bonchev–Trinajstić information content (AvgIpc) is 3.41. The van der Waals surface area contributed by atoms with Crippen molar-refractivity contribution in [2.75, 3.05) is 18.9 Å². The topological polar surface area (TPSA) is 81.9 Å². The van der Waals surface area contributed by atoms with Gasteiger partial charge in [-0.15, -0.1) is 10.2 Å². The lowest BCUT2D eigenvalue weighted by molar-refractivity contribution is -0.119. The summed E-state index contributed by atoms with van der Waals surface area (Å²) in [6.45, 7) is 1.32. The van der Waals surface area contributed by atoms with E-state index in [0.717, 1.165) is 30.7 Å². The van der Waals surface area contributed by atoms with E-state index in [0.29, 0.717) is 22.5 Å². The van der Waals surface area contributed by atoms with E-state index in [4.69, 9.17) is 16.3 Å². The summed E-state index contributed by atoms with van der Waals surface area (Å²) in [5.74, 6) is 0.815. The van der Waals surface area contributed by atoms with Crippen LogP contribution >= 0.6 is 23.4 Å². The van der Waals surface area contributed by atoms with E-state index in [2.05, 4.69) is 20.5 Å². The fraction of sp³-hybridized carbons (Fsp3) is 0.300. The Kier molecular flexibility index (Phi) is 6.43. The highest BCUT2D eigenvalue weighted by Crippen LogP contribution is 2.28. The number of carbonyl (C=O) groups is 1. The van der Waals surface area contributed by atoms with E-state index in [1.54, 1.807) is 12.4 Å². The molecule has 0 saturated carbocycles. The first-order valence-electron chi connectivity index (χ1n) is 9.33. The number of halogens is 1. The van der Waals surface area contributed by atoms with Crippen LogP contribution in [0.5, 0.6) is 0 Å². The molecule has 0 radical (unpaired) electrons. The summed E-state index contributed by atoms with van der Waals surface area (Å²) >= 11 is 7.52. The van der Waals surface area contributed by atoms with Gasteiger partial charge in [-0.2, -0.15) is 0 Å². The van der Waals surface area contributed by atoms with Crippen molar-refractivity contribution in [3.8, 4) is 17.1 Å². The summed E-state index contributed by atoms with van der Waals surface area (Å²) in [4.78, 5) is 16.4. The second-order valence-electron chi connectivity index (χ2n) is 6.59. The predicted molar refractivity (Wildman–Crippen MR) is 112 cm³/mol. The van der Waals surface area contributed by atoms with Gasteiger partial charge in [-0.25, -0.2) is 0 Å². The molecule has 3 heterocycles. The Bertz CT molecular complexity index is 976. The molecule has 150 valence electrons. The van der Waals surface area contributed by atoms with E-state index < -0.39 is 0 Å². The van der Waals surface area contributed by atoms with Gasteiger partial charge in [0.25, 0.3) is 0 Å². The van der Waals surface area contributed by atoms with Gasteiger partial charge in [-0.3, -0.25) is 14.3 Å². The summed E-state index contributed by atoms with van der Waals surface area (Å²) in [6.07, 6.45) is 5.60. The van der Waals surface area contributed by atoms with Crippen LogP contribution in [0.3, 0.4) is 0 Å². The molecule has 1 N–H and O–H groups in total. The van der Waals surface area contributed by atoms with Gasteiger partial charge in [0.15, 0.2) is 11.0 Å². The zero-order valence-corrected chi connectivity index (χ0v) is 17.2. The molecule has 4 rings (SSSR count). The molecule has 1 fully saturated rings. The molecule has 7 nitrogen and oxygen atoms in total. The van der Waals surface area contributed by atoms with Gasteiger partial charge in [0.2, 0.25) is 5.91 Å². The molecule has 1 aromatic carbocycles. The van der Waals surface area contributed by atoms with Crippen LogP contribution in [0.1, 0.15) is 12.8 Å².